The van der Waals surface area contributed by atoms with E-state index in [0.717, 1.165) is 0 Å². The molecule has 0 saturated carbocycles. The maximum absolute atomic E-state index is 12.1. The molecule has 1 aromatic carbocycles. The van der Waals surface area contributed by atoms with Gasteiger partial charge in [-0.05, 0) is 12.1 Å². The molecule has 1 atom stereocenters. The lowest BCUT2D eigenvalue weighted by atomic mass is 10.2. The minimum absolute atomic E-state index is 0.0137. The molecule has 0 radical (unpaired) electrons. The van der Waals surface area contributed by atoms with E-state index in [1.165, 1.54) is 0 Å². The Morgan fingerprint density at radius 1 is 1.31 bits per heavy atom. The molecule has 0 aliphatic carbocycles. The third kappa shape index (κ3) is 4.77. The molecule has 0 aromatic heterocycles. The first-order valence-corrected chi connectivity index (χ1v) is 8.48. The Morgan fingerprint density at radius 3 is 2.92 bits per heavy atom. The number of urea groups is 1. The number of rotatable bonds is 6. The van der Waals surface area contributed by atoms with Crippen LogP contribution in [0.4, 0.5) is 10.5 Å². The first-order valence-electron chi connectivity index (χ1n) is 8.48. The molecule has 2 heterocycles. The van der Waals surface area contributed by atoms with E-state index in [-0.39, 0.29) is 24.6 Å². The maximum Gasteiger partial charge on any atom is 0.319 e. The Labute approximate surface area is 151 Å². The number of hydrogen-bond acceptors (Lipinski definition) is 6. The number of anilines is 1. The molecule has 1 unspecified atom stereocenters. The Morgan fingerprint density at radius 2 is 2.12 bits per heavy atom. The molecule has 142 valence electrons. The van der Waals surface area contributed by atoms with Gasteiger partial charge in [-0.25, -0.2) is 4.79 Å². The fourth-order valence-corrected chi connectivity index (χ4v) is 2.72. The first-order chi connectivity index (χ1) is 12.7. The largest absolute Gasteiger partial charge is 0.486 e. The zero-order valence-electron chi connectivity index (χ0n) is 14.7. The van der Waals surface area contributed by atoms with Crippen molar-refractivity contribution in [1.82, 2.24) is 10.2 Å². The summed E-state index contributed by atoms with van der Waals surface area (Å²) < 4.78 is 21.4. The molecular weight excluding hydrogens is 342 g/mol. The molecule has 9 nitrogen and oxygen atoms in total. The first kappa shape index (κ1) is 18.3. The predicted octanol–water partition coefficient (Wildman–Crippen LogP) is 0.453. The van der Waals surface area contributed by atoms with Crippen molar-refractivity contribution >= 4 is 17.6 Å². The number of methoxy groups -OCH3 is 1. The van der Waals surface area contributed by atoms with Gasteiger partial charge >= 0.3 is 6.03 Å². The summed E-state index contributed by atoms with van der Waals surface area (Å²) in [6, 6.07) is 4.87. The van der Waals surface area contributed by atoms with Gasteiger partial charge in [0.15, 0.2) is 11.5 Å². The Hall–Kier alpha value is -2.52. The standard InChI is InChI=1S/C17H23N3O6/c1-23-5-4-20-10-13(26-11-16(20)21)9-18-17(22)19-12-2-3-14-15(8-12)25-7-6-24-14/h2-3,8,13H,4-7,9-11H2,1H3,(H2,18,19,22). The van der Waals surface area contributed by atoms with Crippen molar-refractivity contribution in [1.29, 1.82) is 0 Å². The lowest BCUT2D eigenvalue weighted by molar-refractivity contribution is -0.149. The molecule has 2 N–H and O–H groups in total. The van der Waals surface area contributed by atoms with Crippen molar-refractivity contribution in [2.24, 2.45) is 0 Å². The number of benzene rings is 1. The zero-order chi connectivity index (χ0) is 18.4. The van der Waals surface area contributed by atoms with Crippen molar-refractivity contribution in [3.63, 3.8) is 0 Å². The number of hydrogen-bond donors (Lipinski definition) is 2. The molecule has 2 aliphatic heterocycles. The van der Waals surface area contributed by atoms with Crippen LogP contribution in [0, 0.1) is 0 Å². The van der Waals surface area contributed by atoms with Crippen molar-refractivity contribution < 1.29 is 28.5 Å². The van der Waals surface area contributed by atoms with Crippen LogP contribution in [0.5, 0.6) is 11.5 Å². The number of ether oxygens (including phenoxy) is 4. The summed E-state index contributed by atoms with van der Waals surface area (Å²) in [5.41, 5.74) is 0.605. The lowest BCUT2D eigenvalue weighted by Gasteiger charge is -2.32. The number of nitrogens with one attached hydrogen (secondary N) is 2. The SMILES string of the molecule is COCCN1CC(CNC(=O)Nc2ccc3c(c2)OCCO3)OCC1=O. The zero-order valence-corrected chi connectivity index (χ0v) is 14.7. The second-order valence-electron chi connectivity index (χ2n) is 5.96. The van der Waals surface area contributed by atoms with Crippen LogP contribution in [-0.2, 0) is 14.3 Å². The molecule has 1 aromatic rings. The van der Waals surface area contributed by atoms with Crippen LogP contribution >= 0.6 is 0 Å². The van der Waals surface area contributed by atoms with E-state index in [0.29, 0.717) is 56.6 Å². The monoisotopic (exact) mass is 365 g/mol. The van der Waals surface area contributed by atoms with Crippen LogP contribution in [0.25, 0.3) is 0 Å². The number of carbonyl (C=O) groups is 2. The highest BCUT2D eigenvalue weighted by molar-refractivity contribution is 5.89. The summed E-state index contributed by atoms with van der Waals surface area (Å²) in [6.07, 6.45) is -0.254. The van der Waals surface area contributed by atoms with Gasteiger partial charge in [0.05, 0.1) is 12.7 Å². The minimum atomic E-state index is -0.356. The van der Waals surface area contributed by atoms with E-state index in [4.69, 9.17) is 18.9 Å². The average molecular weight is 365 g/mol. The molecule has 1 saturated heterocycles. The molecule has 3 rings (SSSR count). The summed E-state index contributed by atoms with van der Waals surface area (Å²) in [7, 11) is 1.59. The number of fused-ring (bicyclic) bond motifs is 1. The van der Waals surface area contributed by atoms with Gasteiger partial charge in [0, 0.05) is 38.5 Å². The van der Waals surface area contributed by atoms with E-state index in [1.54, 1.807) is 30.2 Å². The Balaban J connectivity index is 1.46. The molecule has 0 bridgehead atoms. The highest BCUT2D eigenvalue weighted by atomic mass is 16.6. The van der Waals surface area contributed by atoms with E-state index < -0.39 is 0 Å². The number of morpholine rings is 1. The molecule has 3 amide bonds. The van der Waals surface area contributed by atoms with Crippen LogP contribution in [-0.4, -0.2) is 76.1 Å². The smallest absolute Gasteiger partial charge is 0.319 e. The summed E-state index contributed by atoms with van der Waals surface area (Å²) in [5.74, 6) is 1.20. The molecule has 1 fully saturated rings. The summed E-state index contributed by atoms with van der Waals surface area (Å²) in [4.78, 5) is 25.5. The molecule has 2 aliphatic rings. The van der Waals surface area contributed by atoms with Gasteiger partial charge in [0.25, 0.3) is 0 Å². The van der Waals surface area contributed by atoms with Crippen LogP contribution in [0.15, 0.2) is 18.2 Å². The second kappa shape index (κ2) is 8.72. The molecule has 0 spiro atoms. The van der Waals surface area contributed by atoms with E-state index in [1.807, 2.05) is 0 Å². The van der Waals surface area contributed by atoms with E-state index in [9.17, 15) is 9.59 Å². The van der Waals surface area contributed by atoms with Gasteiger partial charge in [0.1, 0.15) is 19.8 Å². The lowest BCUT2D eigenvalue weighted by Crippen LogP contribution is -2.51. The quantitative estimate of drug-likeness (QED) is 0.760. The van der Waals surface area contributed by atoms with E-state index in [2.05, 4.69) is 10.6 Å². The van der Waals surface area contributed by atoms with Crippen molar-refractivity contribution in [3.8, 4) is 11.5 Å². The van der Waals surface area contributed by atoms with Crippen LogP contribution in [0.3, 0.4) is 0 Å². The number of carbonyl (C=O) groups excluding carboxylic acids is 2. The predicted molar refractivity (Wildman–Crippen MR) is 92.6 cm³/mol. The molecule has 9 heteroatoms. The summed E-state index contributed by atoms with van der Waals surface area (Å²) in [5, 5.41) is 5.50. The number of amides is 3. The minimum Gasteiger partial charge on any atom is -0.486 e. The number of nitrogens with zero attached hydrogens (tertiary/aromatic N) is 1. The fourth-order valence-electron chi connectivity index (χ4n) is 2.72. The highest BCUT2D eigenvalue weighted by Crippen LogP contribution is 2.32. The van der Waals surface area contributed by atoms with Gasteiger partial charge in [0.2, 0.25) is 5.91 Å². The van der Waals surface area contributed by atoms with Crippen LogP contribution in [0.1, 0.15) is 0 Å². The summed E-state index contributed by atoms with van der Waals surface area (Å²) >= 11 is 0. The maximum atomic E-state index is 12.1. The van der Waals surface area contributed by atoms with Crippen molar-refractivity contribution in [3.05, 3.63) is 18.2 Å². The third-order valence-corrected chi connectivity index (χ3v) is 4.07. The fraction of sp³-hybridized carbons (Fsp3) is 0.529. The third-order valence-electron chi connectivity index (χ3n) is 4.07. The van der Waals surface area contributed by atoms with Gasteiger partial charge in [-0.2, -0.15) is 0 Å². The van der Waals surface area contributed by atoms with E-state index >= 15 is 0 Å². The highest BCUT2D eigenvalue weighted by Gasteiger charge is 2.26. The Kier molecular flexibility index (Phi) is 6.13. The average Bonchev–Trinajstić information content (AvgIpc) is 2.66. The van der Waals surface area contributed by atoms with Crippen molar-refractivity contribution in [2.75, 3.05) is 58.5 Å². The topological polar surface area (TPSA) is 98.4 Å². The normalized spacial score (nSPS) is 19.2. The van der Waals surface area contributed by atoms with Gasteiger partial charge < -0.3 is 34.5 Å². The summed E-state index contributed by atoms with van der Waals surface area (Å²) in [6.45, 7) is 2.72. The van der Waals surface area contributed by atoms with Gasteiger partial charge in [-0.1, -0.05) is 0 Å². The van der Waals surface area contributed by atoms with Gasteiger partial charge in [-0.3, -0.25) is 4.79 Å². The van der Waals surface area contributed by atoms with Crippen LogP contribution < -0.4 is 20.1 Å². The Bertz CT molecular complexity index is 653. The molecule has 26 heavy (non-hydrogen) atoms. The second-order valence-corrected chi connectivity index (χ2v) is 5.96. The van der Waals surface area contributed by atoms with Crippen molar-refractivity contribution in [2.45, 2.75) is 6.10 Å². The van der Waals surface area contributed by atoms with Gasteiger partial charge in [-0.15, -0.1) is 0 Å². The molecular formula is C17H23N3O6. The van der Waals surface area contributed by atoms with Crippen LogP contribution in [0.2, 0.25) is 0 Å².